The molecule has 114 valence electrons. The predicted molar refractivity (Wildman–Crippen MR) is 91.4 cm³/mol. The fourth-order valence-corrected chi connectivity index (χ4v) is 5.43. The molecule has 21 heavy (non-hydrogen) atoms. The van der Waals surface area contributed by atoms with Gasteiger partial charge in [0.15, 0.2) is 0 Å². The number of halogens is 1. The van der Waals surface area contributed by atoms with E-state index in [1.807, 2.05) is 0 Å². The van der Waals surface area contributed by atoms with Gasteiger partial charge in [0.25, 0.3) is 0 Å². The standard InChI is InChI=1S/C19H26BrN/c1-12(19-9-13-2-3-15(19)8-13)21-18-10-16(11-18)14-4-6-17(20)7-5-14/h4-7,12-13,15-16,18-19,21H,2-3,8-11H2,1H3. The fraction of sp³-hybridized carbons (Fsp3) is 0.684. The maximum atomic E-state index is 3.94. The van der Waals surface area contributed by atoms with Gasteiger partial charge >= 0.3 is 0 Å². The van der Waals surface area contributed by atoms with Gasteiger partial charge in [0, 0.05) is 16.6 Å². The highest BCUT2D eigenvalue weighted by molar-refractivity contribution is 9.10. The molecule has 0 radical (unpaired) electrons. The van der Waals surface area contributed by atoms with E-state index in [4.69, 9.17) is 0 Å². The molecule has 3 aliphatic rings. The number of hydrogen-bond acceptors (Lipinski definition) is 1. The van der Waals surface area contributed by atoms with E-state index in [0.717, 1.165) is 35.8 Å². The summed E-state index contributed by atoms with van der Waals surface area (Å²) < 4.78 is 1.19. The van der Waals surface area contributed by atoms with E-state index in [9.17, 15) is 0 Å². The van der Waals surface area contributed by atoms with Crippen LogP contribution in [-0.4, -0.2) is 12.1 Å². The largest absolute Gasteiger partial charge is 0.311 e. The zero-order valence-electron chi connectivity index (χ0n) is 12.9. The Morgan fingerprint density at radius 3 is 2.43 bits per heavy atom. The van der Waals surface area contributed by atoms with Gasteiger partial charge in [0.1, 0.15) is 0 Å². The van der Waals surface area contributed by atoms with E-state index in [1.54, 1.807) is 0 Å². The van der Waals surface area contributed by atoms with Gasteiger partial charge in [-0.3, -0.25) is 0 Å². The summed E-state index contributed by atoms with van der Waals surface area (Å²) in [7, 11) is 0. The first-order chi connectivity index (χ1) is 10.2. The van der Waals surface area contributed by atoms with Crippen LogP contribution >= 0.6 is 15.9 Å². The quantitative estimate of drug-likeness (QED) is 0.797. The van der Waals surface area contributed by atoms with Crippen LogP contribution in [0.4, 0.5) is 0 Å². The van der Waals surface area contributed by atoms with Gasteiger partial charge in [0.2, 0.25) is 0 Å². The molecule has 2 bridgehead atoms. The Kier molecular flexibility index (Phi) is 3.87. The Hall–Kier alpha value is -0.340. The van der Waals surface area contributed by atoms with E-state index >= 15 is 0 Å². The summed E-state index contributed by atoms with van der Waals surface area (Å²) in [5.41, 5.74) is 1.52. The SMILES string of the molecule is CC(NC1CC(c2ccc(Br)cc2)C1)C1CC2CCC1C2. The molecule has 1 nitrogen and oxygen atoms in total. The van der Waals surface area contributed by atoms with Gasteiger partial charge in [-0.1, -0.05) is 34.5 Å². The van der Waals surface area contributed by atoms with Crippen LogP contribution in [0.3, 0.4) is 0 Å². The highest BCUT2D eigenvalue weighted by Gasteiger charge is 2.43. The van der Waals surface area contributed by atoms with Crippen LogP contribution in [0.5, 0.6) is 0 Å². The van der Waals surface area contributed by atoms with Gasteiger partial charge in [-0.05, 0) is 80.4 Å². The lowest BCUT2D eigenvalue weighted by Crippen LogP contribution is -2.48. The molecule has 0 saturated heterocycles. The van der Waals surface area contributed by atoms with E-state index < -0.39 is 0 Å². The van der Waals surface area contributed by atoms with Crippen molar-refractivity contribution in [3.05, 3.63) is 34.3 Å². The third kappa shape index (κ3) is 2.82. The second-order valence-corrected chi connectivity index (χ2v) is 8.63. The summed E-state index contributed by atoms with van der Waals surface area (Å²) in [6.07, 6.45) is 8.71. The smallest absolute Gasteiger partial charge is 0.0175 e. The summed E-state index contributed by atoms with van der Waals surface area (Å²) in [5.74, 6) is 3.86. The van der Waals surface area contributed by atoms with Crippen LogP contribution in [0.25, 0.3) is 0 Å². The van der Waals surface area contributed by atoms with E-state index in [0.29, 0.717) is 0 Å². The average Bonchev–Trinajstić information content (AvgIpc) is 3.06. The van der Waals surface area contributed by atoms with Crippen LogP contribution in [0.2, 0.25) is 0 Å². The first-order valence-corrected chi connectivity index (χ1v) is 9.50. The van der Waals surface area contributed by atoms with Crippen molar-refractivity contribution in [2.45, 2.75) is 63.5 Å². The molecule has 3 fully saturated rings. The zero-order chi connectivity index (χ0) is 14.4. The minimum absolute atomic E-state index is 0.733. The Morgan fingerprint density at radius 2 is 1.81 bits per heavy atom. The van der Waals surface area contributed by atoms with Crippen molar-refractivity contribution >= 4 is 15.9 Å². The molecular formula is C19H26BrN. The third-order valence-electron chi connectivity index (χ3n) is 6.41. The number of rotatable bonds is 4. The average molecular weight is 348 g/mol. The van der Waals surface area contributed by atoms with Gasteiger partial charge < -0.3 is 5.32 Å². The monoisotopic (exact) mass is 347 g/mol. The first-order valence-electron chi connectivity index (χ1n) is 8.70. The van der Waals surface area contributed by atoms with Crippen molar-refractivity contribution in [2.24, 2.45) is 17.8 Å². The molecule has 0 aromatic heterocycles. The Bertz CT molecular complexity index is 491. The van der Waals surface area contributed by atoms with Crippen LogP contribution in [-0.2, 0) is 0 Å². The Labute approximate surface area is 137 Å². The highest BCUT2D eigenvalue weighted by Crippen LogP contribution is 2.50. The molecule has 2 heteroatoms. The first kappa shape index (κ1) is 14.3. The minimum atomic E-state index is 0.733. The van der Waals surface area contributed by atoms with Crippen LogP contribution in [0, 0.1) is 17.8 Å². The van der Waals surface area contributed by atoms with E-state index in [1.165, 1.54) is 48.6 Å². The van der Waals surface area contributed by atoms with Gasteiger partial charge in [-0.2, -0.15) is 0 Å². The van der Waals surface area contributed by atoms with E-state index in [2.05, 4.69) is 52.4 Å². The number of hydrogen-bond donors (Lipinski definition) is 1. The highest BCUT2D eigenvalue weighted by atomic mass is 79.9. The fourth-order valence-electron chi connectivity index (χ4n) is 5.16. The molecule has 3 saturated carbocycles. The lowest BCUT2D eigenvalue weighted by Gasteiger charge is -2.40. The second kappa shape index (κ2) is 5.70. The second-order valence-electron chi connectivity index (χ2n) is 7.71. The lowest BCUT2D eigenvalue weighted by molar-refractivity contribution is 0.200. The van der Waals surface area contributed by atoms with Crippen LogP contribution < -0.4 is 5.32 Å². The van der Waals surface area contributed by atoms with Crippen molar-refractivity contribution in [1.82, 2.24) is 5.32 Å². The lowest BCUT2D eigenvalue weighted by atomic mass is 9.74. The van der Waals surface area contributed by atoms with Crippen LogP contribution in [0.1, 0.15) is 56.9 Å². The molecule has 4 atom stereocenters. The summed E-state index contributed by atoms with van der Waals surface area (Å²) >= 11 is 3.52. The molecule has 0 amide bonds. The van der Waals surface area contributed by atoms with Crippen molar-refractivity contribution in [1.29, 1.82) is 0 Å². The molecule has 4 unspecified atom stereocenters. The number of benzene rings is 1. The summed E-state index contributed by atoms with van der Waals surface area (Å²) in [4.78, 5) is 0. The Balaban J connectivity index is 1.27. The number of fused-ring (bicyclic) bond motifs is 2. The van der Waals surface area contributed by atoms with Crippen LogP contribution in [0.15, 0.2) is 28.7 Å². The van der Waals surface area contributed by atoms with Gasteiger partial charge in [-0.15, -0.1) is 0 Å². The van der Waals surface area contributed by atoms with Crippen molar-refractivity contribution in [3.63, 3.8) is 0 Å². The third-order valence-corrected chi connectivity index (χ3v) is 6.94. The van der Waals surface area contributed by atoms with Crippen molar-refractivity contribution < 1.29 is 0 Å². The Morgan fingerprint density at radius 1 is 1.05 bits per heavy atom. The van der Waals surface area contributed by atoms with Gasteiger partial charge in [0.05, 0.1) is 0 Å². The normalized spacial score (nSPS) is 39.2. The topological polar surface area (TPSA) is 12.0 Å². The van der Waals surface area contributed by atoms with Crippen molar-refractivity contribution in [2.75, 3.05) is 0 Å². The van der Waals surface area contributed by atoms with Crippen molar-refractivity contribution in [3.8, 4) is 0 Å². The molecule has 0 heterocycles. The molecule has 1 aromatic rings. The van der Waals surface area contributed by atoms with Gasteiger partial charge in [-0.25, -0.2) is 0 Å². The van der Waals surface area contributed by atoms with E-state index in [-0.39, 0.29) is 0 Å². The summed E-state index contributed by atoms with van der Waals surface area (Å²) in [6.45, 7) is 2.44. The molecule has 1 N–H and O–H groups in total. The minimum Gasteiger partial charge on any atom is -0.311 e. The molecule has 0 aliphatic heterocycles. The predicted octanol–water partition coefficient (Wildman–Crippen LogP) is 5.11. The summed E-state index contributed by atoms with van der Waals surface area (Å²) in [5, 5.41) is 3.94. The number of nitrogens with one attached hydrogen (secondary N) is 1. The summed E-state index contributed by atoms with van der Waals surface area (Å²) in [6, 6.07) is 10.4. The molecule has 3 aliphatic carbocycles. The maximum absolute atomic E-state index is 3.94. The molecular weight excluding hydrogens is 322 g/mol. The molecule has 4 rings (SSSR count). The molecule has 1 aromatic carbocycles. The maximum Gasteiger partial charge on any atom is 0.0175 e. The molecule has 0 spiro atoms. The zero-order valence-corrected chi connectivity index (χ0v) is 14.5.